The third-order valence-electron chi connectivity index (χ3n) is 4.26. The maximum Gasteiger partial charge on any atom is 0.250 e. The molecule has 0 aliphatic carbocycles. The van der Waals surface area contributed by atoms with Crippen molar-refractivity contribution in [1.29, 1.82) is 0 Å². The van der Waals surface area contributed by atoms with Crippen LogP contribution in [0.3, 0.4) is 0 Å². The average molecular weight is 315 g/mol. The minimum atomic E-state index is -1.43. The highest BCUT2D eigenvalue weighted by atomic mass is 16.3. The number of carbonyl (C=O) groups excluding carboxylic acids is 1. The highest BCUT2D eigenvalue weighted by Crippen LogP contribution is 2.26. The minimum absolute atomic E-state index is 0.257. The van der Waals surface area contributed by atoms with E-state index in [0.29, 0.717) is 13.0 Å². The Morgan fingerprint density at radius 2 is 2.17 bits per heavy atom. The minimum Gasteiger partial charge on any atom is -0.379 e. The number of carbonyl (C=O) groups is 1. The number of hydrogen-bond acceptors (Lipinski definition) is 5. The molecule has 3 N–H and O–H groups in total. The molecule has 7 nitrogen and oxygen atoms in total. The zero-order valence-corrected chi connectivity index (χ0v) is 13.1. The van der Waals surface area contributed by atoms with Crippen molar-refractivity contribution in [3.05, 3.63) is 36.3 Å². The highest BCUT2D eigenvalue weighted by Gasteiger charge is 2.38. The van der Waals surface area contributed by atoms with Crippen molar-refractivity contribution in [1.82, 2.24) is 19.7 Å². The number of nitrogens with two attached hydrogens (primary N) is 1. The Kier molecular flexibility index (Phi) is 4.14. The van der Waals surface area contributed by atoms with Gasteiger partial charge in [-0.3, -0.25) is 19.4 Å². The molecule has 1 aliphatic rings. The lowest BCUT2D eigenvalue weighted by Gasteiger charge is -2.36. The maximum atomic E-state index is 11.5. The average Bonchev–Trinajstić information content (AvgIpc) is 2.88. The number of aliphatic hydroxyl groups is 1. The first-order chi connectivity index (χ1) is 11.0. The van der Waals surface area contributed by atoms with E-state index in [2.05, 4.69) is 15.0 Å². The van der Waals surface area contributed by atoms with Gasteiger partial charge in [0.1, 0.15) is 0 Å². The standard InChI is InChI=1S/C16H21N5O2/c1-20-9-13(14(19-20)12-3-6-18-7-4-12)10-21-8-2-5-16(23,11-21)15(17)22/h3-4,6-7,9,23H,2,5,8,10-11H2,1H3,(H2,17,22). The molecule has 3 rings (SSSR count). The number of rotatable bonds is 4. The summed E-state index contributed by atoms with van der Waals surface area (Å²) in [6.45, 7) is 1.69. The number of nitrogens with zero attached hydrogens (tertiary/aromatic N) is 4. The van der Waals surface area contributed by atoms with Crippen LogP contribution in [0, 0.1) is 0 Å². The summed E-state index contributed by atoms with van der Waals surface area (Å²) in [5.41, 5.74) is 6.85. The van der Waals surface area contributed by atoms with Gasteiger partial charge in [0.2, 0.25) is 0 Å². The first-order valence-corrected chi connectivity index (χ1v) is 7.65. The second-order valence-corrected chi connectivity index (χ2v) is 6.12. The SMILES string of the molecule is Cn1cc(CN2CCCC(O)(C(N)=O)C2)c(-c2ccncc2)n1. The van der Waals surface area contributed by atoms with Crippen molar-refractivity contribution >= 4 is 5.91 Å². The van der Waals surface area contributed by atoms with Crippen LogP contribution < -0.4 is 5.73 Å². The van der Waals surface area contributed by atoms with E-state index in [1.165, 1.54) is 0 Å². The van der Waals surface area contributed by atoms with Crippen LogP contribution in [0.15, 0.2) is 30.7 Å². The van der Waals surface area contributed by atoms with E-state index >= 15 is 0 Å². The quantitative estimate of drug-likeness (QED) is 0.845. The molecule has 0 radical (unpaired) electrons. The van der Waals surface area contributed by atoms with Crippen molar-refractivity contribution in [3.63, 3.8) is 0 Å². The third kappa shape index (κ3) is 3.25. The summed E-state index contributed by atoms with van der Waals surface area (Å²) in [5.74, 6) is -0.650. The van der Waals surface area contributed by atoms with E-state index in [-0.39, 0.29) is 6.54 Å². The zero-order valence-electron chi connectivity index (χ0n) is 13.1. The Balaban J connectivity index is 1.82. The number of aryl methyl sites for hydroxylation is 1. The van der Waals surface area contributed by atoms with Crippen LogP contribution in [0.4, 0.5) is 0 Å². The summed E-state index contributed by atoms with van der Waals surface area (Å²) in [5, 5.41) is 14.9. The van der Waals surface area contributed by atoms with Gasteiger partial charge in [0.25, 0.3) is 5.91 Å². The predicted octanol–water partition coefficient (Wildman–Crippen LogP) is 0.294. The van der Waals surface area contributed by atoms with E-state index in [0.717, 1.165) is 29.8 Å². The van der Waals surface area contributed by atoms with Gasteiger partial charge in [0.15, 0.2) is 5.60 Å². The molecule has 1 amide bonds. The molecule has 2 aromatic rings. The molecule has 0 bridgehead atoms. The number of amides is 1. The fraction of sp³-hybridized carbons (Fsp3) is 0.438. The summed E-state index contributed by atoms with van der Waals surface area (Å²) >= 11 is 0. The number of aromatic nitrogens is 3. The van der Waals surface area contributed by atoms with Crippen LogP contribution >= 0.6 is 0 Å². The molecule has 2 aromatic heterocycles. The zero-order chi connectivity index (χ0) is 16.4. The van der Waals surface area contributed by atoms with Gasteiger partial charge in [-0.05, 0) is 31.5 Å². The van der Waals surface area contributed by atoms with Crippen LogP contribution in [-0.2, 0) is 18.4 Å². The molecular weight excluding hydrogens is 294 g/mol. The van der Waals surface area contributed by atoms with E-state index in [1.807, 2.05) is 25.4 Å². The van der Waals surface area contributed by atoms with E-state index in [9.17, 15) is 9.90 Å². The largest absolute Gasteiger partial charge is 0.379 e. The Labute approximate surface area is 134 Å². The van der Waals surface area contributed by atoms with Gasteiger partial charge in [-0.1, -0.05) is 0 Å². The molecule has 1 unspecified atom stereocenters. The molecule has 1 saturated heterocycles. The second kappa shape index (κ2) is 6.10. The molecule has 1 fully saturated rings. The maximum absolute atomic E-state index is 11.5. The first kappa shape index (κ1) is 15.6. The molecule has 23 heavy (non-hydrogen) atoms. The monoisotopic (exact) mass is 315 g/mol. The van der Waals surface area contributed by atoms with Gasteiger partial charge in [-0.2, -0.15) is 5.10 Å². The molecule has 1 atom stereocenters. The number of hydrogen-bond donors (Lipinski definition) is 2. The van der Waals surface area contributed by atoms with Gasteiger partial charge < -0.3 is 10.8 Å². The summed E-state index contributed by atoms with van der Waals surface area (Å²) in [7, 11) is 1.88. The van der Waals surface area contributed by atoms with Gasteiger partial charge >= 0.3 is 0 Å². The number of β-amino-alcohol motifs (C(OH)–C–C–N with tert-alkyl or cyclic N) is 1. The number of piperidine rings is 1. The molecular formula is C16H21N5O2. The van der Waals surface area contributed by atoms with Crippen LogP contribution in [0.25, 0.3) is 11.3 Å². The lowest BCUT2D eigenvalue weighted by molar-refractivity contribution is -0.142. The fourth-order valence-corrected chi connectivity index (χ4v) is 3.11. The van der Waals surface area contributed by atoms with Gasteiger partial charge in [-0.15, -0.1) is 0 Å². The predicted molar refractivity (Wildman–Crippen MR) is 85.1 cm³/mol. The van der Waals surface area contributed by atoms with Gasteiger partial charge in [0, 0.05) is 49.9 Å². The van der Waals surface area contributed by atoms with Crippen molar-refractivity contribution in [3.8, 4) is 11.3 Å². The topological polar surface area (TPSA) is 97.3 Å². The molecule has 0 spiro atoms. The van der Waals surface area contributed by atoms with Crippen molar-refractivity contribution < 1.29 is 9.90 Å². The third-order valence-corrected chi connectivity index (χ3v) is 4.26. The number of likely N-dealkylation sites (tertiary alicyclic amines) is 1. The number of pyridine rings is 1. The lowest BCUT2D eigenvalue weighted by atomic mass is 9.92. The van der Waals surface area contributed by atoms with Crippen LogP contribution in [0.2, 0.25) is 0 Å². The van der Waals surface area contributed by atoms with Gasteiger partial charge in [0.05, 0.1) is 5.69 Å². The summed E-state index contributed by atoms with van der Waals surface area (Å²) < 4.78 is 1.77. The van der Waals surface area contributed by atoms with Crippen LogP contribution in [0.1, 0.15) is 18.4 Å². The Morgan fingerprint density at radius 3 is 2.87 bits per heavy atom. The van der Waals surface area contributed by atoms with Crippen molar-refractivity contribution in [2.45, 2.75) is 25.0 Å². The normalized spacial score (nSPS) is 22.2. The Morgan fingerprint density at radius 1 is 1.43 bits per heavy atom. The molecule has 3 heterocycles. The van der Waals surface area contributed by atoms with Crippen molar-refractivity contribution in [2.75, 3.05) is 13.1 Å². The summed E-state index contributed by atoms with van der Waals surface area (Å²) in [4.78, 5) is 17.6. The van der Waals surface area contributed by atoms with Crippen LogP contribution in [0.5, 0.6) is 0 Å². The fourth-order valence-electron chi connectivity index (χ4n) is 3.11. The molecule has 0 aromatic carbocycles. The second-order valence-electron chi connectivity index (χ2n) is 6.12. The number of primary amides is 1. The summed E-state index contributed by atoms with van der Waals surface area (Å²) in [6.07, 6.45) is 6.60. The highest BCUT2D eigenvalue weighted by molar-refractivity contribution is 5.83. The molecule has 0 saturated carbocycles. The summed E-state index contributed by atoms with van der Waals surface area (Å²) in [6, 6.07) is 3.84. The Hall–Kier alpha value is -2.25. The first-order valence-electron chi connectivity index (χ1n) is 7.65. The molecule has 7 heteroatoms. The molecule has 1 aliphatic heterocycles. The van der Waals surface area contributed by atoms with Gasteiger partial charge in [-0.25, -0.2) is 0 Å². The van der Waals surface area contributed by atoms with Crippen LogP contribution in [-0.4, -0.2) is 49.4 Å². The molecule has 122 valence electrons. The van der Waals surface area contributed by atoms with E-state index in [4.69, 9.17) is 5.73 Å². The van der Waals surface area contributed by atoms with Crippen molar-refractivity contribution in [2.24, 2.45) is 12.8 Å². The Bertz CT molecular complexity index is 700. The van der Waals surface area contributed by atoms with E-state index in [1.54, 1.807) is 17.1 Å². The smallest absolute Gasteiger partial charge is 0.250 e. The lowest BCUT2D eigenvalue weighted by Crippen LogP contribution is -2.55. The van der Waals surface area contributed by atoms with E-state index < -0.39 is 11.5 Å².